The molecule has 2 aliphatic rings. The molecule has 3 heterocycles. The van der Waals surface area contributed by atoms with Crippen LogP contribution in [0.15, 0.2) is 133 Å². The predicted octanol–water partition coefficient (Wildman–Crippen LogP) is 11.2. The van der Waals surface area contributed by atoms with E-state index in [1.165, 1.54) is 77.9 Å². The van der Waals surface area contributed by atoms with Gasteiger partial charge in [0.25, 0.3) is 0 Å². The largest absolute Gasteiger partial charge is 0.309 e. The van der Waals surface area contributed by atoms with Crippen molar-refractivity contribution in [1.29, 1.82) is 0 Å². The van der Waals surface area contributed by atoms with Crippen molar-refractivity contribution in [1.82, 2.24) is 4.57 Å². The Morgan fingerprint density at radius 3 is 1.41 bits per heavy atom. The van der Waals surface area contributed by atoms with Gasteiger partial charge in [-0.1, -0.05) is 113 Å². The molecule has 0 radical (unpaired) electrons. The van der Waals surface area contributed by atoms with E-state index < -0.39 is 0 Å². The number of anilines is 3. The average Bonchev–Trinajstić information content (AvgIpc) is 3.39. The zero-order chi connectivity index (χ0) is 29.8. The standard InChI is InChI=1S/C42H34N2/c1-41(2)32-15-7-11-19-38(32)44-39-20-12-8-16-33(39)42(3,4)35-26-28(25-34(41)40(35)44)27-21-23-29(24-22-27)43-36-17-9-5-13-30(36)31-14-6-10-18-37(31)43/h5-26H,1-4H3. The van der Waals surface area contributed by atoms with E-state index in [0.29, 0.717) is 0 Å². The topological polar surface area (TPSA) is 8.17 Å². The van der Waals surface area contributed by atoms with Crippen molar-refractivity contribution in [2.75, 3.05) is 4.90 Å². The molecule has 0 amide bonds. The van der Waals surface area contributed by atoms with Crippen molar-refractivity contribution >= 4 is 38.9 Å². The van der Waals surface area contributed by atoms with E-state index in [1.54, 1.807) is 0 Å². The zero-order valence-corrected chi connectivity index (χ0v) is 25.6. The molecule has 6 aromatic carbocycles. The Kier molecular flexibility index (Phi) is 5.05. The van der Waals surface area contributed by atoms with Gasteiger partial charge in [-0.3, -0.25) is 0 Å². The Morgan fingerprint density at radius 1 is 0.432 bits per heavy atom. The molecule has 0 saturated heterocycles. The SMILES string of the molecule is CC1(C)c2ccccc2N2c3ccccc3C(C)(C)c3cc(-c4ccc(-n5c6ccccc6c6ccccc65)cc4)cc1c32. The lowest BCUT2D eigenvalue weighted by Crippen LogP contribution is -2.38. The molecule has 0 unspecified atom stereocenters. The molecule has 2 heteroatoms. The quantitative estimate of drug-likeness (QED) is 0.202. The van der Waals surface area contributed by atoms with Crippen LogP contribution in [-0.2, 0) is 10.8 Å². The van der Waals surface area contributed by atoms with Gasteiger partial charge in [-0.2, -0.15) is 0 Å². The molecule has 0 atom stereocenters. The lowest BCUT2D eigenvalue weighted by atomic mass is 9.65. The molecule has 0 saturated carbocycles. The Labute approximate surface area is 258 Å². The van der Waals surface area contributed by atoms with Crippen molar-refractivity contribution in [3.63, 3.8) is 0 Å². The summed E-state index contributed by atoms with van der Waals surface area (Å²) in [6.45, 7) is 9.56. The molecule has 212 valence electrons. The van der Waals surface area contributed by atoms with Crippen LogP contribution in [0.5, 0.6) is 0 Å². The highest BCUT2D eigenvalue weighted by atomic mass is 15.2. The Balaban J connectivity index is 1.25. The summed E-state index contributed by atoms with van der Waals surface area (Å²) in [4.78, 5) is 2.53. The molecule has 0 N–H and O–H groups in total. The molecule has 0 bridgehead atoms. The van der Waals surface area contributed by atoms with Crippen molar-refractivity contribution < 1.29 is 0 Å². The fourth-order valence-electron chi connectivity index (χ4n) is 8.05. The van der Waals surface area contributed by atoms with Crippen LogP contribution in [0.3, 0.4) is 0 Å². The second-order valence-corrected chi connectivity index (χ2v) is 13.5. The lowest BCUT2D eigenvalue weighted by molar-refractivity contribution is 0.598. The van der Waals surface area contributed by atoms with Crippen molar-refractivity contribution in [3.8, 4) is 16.8 Å². The molecular formula is C42H34N2. The summed E-state index contributed by atoms with van der Waals surface area (Å²) in [5, 5.41) is 2.58. The first-order valence-corrected chi connectivity index (χ1v) is 15.6. The van der Waals surface area contributed by atoms with E-state index >= 15 is 0 Å². The highest BCUT2D eigenvalue weighted by Crippen LogP contribution is 2.60. The number of hydrogen-bond donors (Lipinski definition) is 0. The molecule has 7 aromatic rings. The van der Waals surface area contributed by atoms with Gasteiger partial charge in [-0.25, -0.2) is 0 Å². The number of fused-ring (bicyclic) bond motifs is 7. The maximum atomic E-state index is 2.53. The van der Waals surface area contributed by atoms with E-state index in [9.17, 15) is 0 Å². The van der Waals surface area contributed by atoms with Crippen LogP contribution in [0, 0.1) is 0 Å². The number of para-hydroxylation sites is 4. The molecule has 2 aliphatic heterocycles. The zero-order valence-electron chi connectivity index (χ0n) is 25.6. The molecule has 9 rings (SSSR count). The summed E-state index contributed by atoms with van der Waals surface area (Å²) in [7, 11) is 0. The van der Waals surface area contributed by atoms with E-state index in [0.717, 1.165) is 0 Å². The third kappa shape index (κ3) is 3.26. The maximum Gasteiger partial charge on any atom is 0.0544 e. The van der Waals surface area contributed by atoms with Crippen LogP contribution < -0.4 is 4.90 Å². The second kappa shape index (κ2) is 8.74. The third-order valence-electron chi connectivity index (χ3n) is 10.4. The van der Waals surface area contributed by atoms with Gasteiger partial charge in [0, 0.05) is 27.3 Å². The van der Waals surface area contributed by atoms with Gasteiger partial charge in [0.1, 0.15) is 0 Å². The minimum atomic E-state index is -0.140. The summed E-state index contributed by atoms with van der Waals surface area (Å²) < 4.78 is 2.39. The van der Waals surface area contributed by atoms with Gasteiger partial charge in [0.2, 0.25) is 0 Å². The summed E-state index contributed by atoms with van der Waals surface area (Å²) in [5.41, 5.74) is 15.3. The summed E-state index contributed by atoms with van der Waals surface area (Å²) >= 11 is 0. The molecule has 0 spiro atoms. The number of rotatable bonds is 2. The van der Waals surface area contributed by atoms with Crippen LogP contribution in [-0.4, -0.2) is 4.57 Å². The van der Waals surface area contributed by atoms with Crippen LogP contribution in [0.1, 0.15) is 49.9 Å². The second-order valence-electron chi connectivity index (χ2n) is 13.5. The number of aromatic nitrogens is 1. The van der Waals surface area contributed by atoms with Gasteiger partial charge in [-0.15, -0.1) is 0 Å². The third-order valence-corrected chi connectivity index (χ3v) is 10.4. The molecule has 44 heavy (non-hydrogen) atoms. The van der Waals surface area contributed by atoms with Crippen LogP contribution in [0.4, 0.5) is 17.1 Å². The smallest absolute Gasteiger partial charge is 0.0544 e. The Bertz CT molecular complexity index is 2150. The van der Waals surface area contributed by atoms with Crippen molar-refractivity contribution in [2.24, 2.45) is 0 Å². The molecule has 2 nitrogen and oxygen atoms in total. The van der Waals surface area contributed by atoms with Crippen LogP contribution >= 0.6 is 0 Å². The number of hydrogen-bond acceptors (Lipinski definition) is 1. The first-order valence-electron chi connectivity index (χ1n) is 15.6. The van der Waals surface area contributed by atoms with Crippen molar-refractivity contribution in [2.45, 2.75) is 38.5 Å². The minimum absolute atomic E-state index is 0.140. The maximum absolute atomic E-state index is 2.53. The Morgan fingerprint density at radius 2 is 0.886 bits per heavy atom. The summed E-state index contributed by atoms with van der Waals surface area (Å²) in [5.74, 6) is 0. The molecule has 0 aliphatic carbocycles. The average molecular weight is 567 g/mol. The van der Waals surface area contributed by atoms with E-state index in [-0.39, 0.29) is 10.8 Å². The van der Waals surface area contributed by atoms with E-state index in [4.69, 9.17) is 0 Å². The number of nitrogens with zero attached hydrogens (tertiary/aromatic N) is 2. The van der Waals surface area contributed by atoms with Crippen LogP contribution in [0.2, 0.25) is 0 Å². The highest BCUT2D eigenvalue weighted by Gasteiger charge is 2.45. The fraction of sp³-hybridized carbons (Fsp3) is 0.143. The van der Waals surface area contributed by atoms with E-state index in [1.807, 2.05) is 0 Å². The Hall–Kier alpha value is -5.08. The first kappa shape index (κ1) is 25.4. The fourth-order valence-corrected chi connectivity index (χ4v) is 8.05. The van der Waals surface area contributed by atoms with Gasteiger partial charge in [-0.05, 0) is 81.9 Å². The molecule has 1 aromatic heterocycles. The van der Waals surface area contributed by atoms with Gasteiger partial charge in [0.05, 0.1) is 28.1 Å². The van der Waals surface area contributed by atoms with Crippen molar-refractivity contribution in [3.05, 3.63) is 156 Å². The number of benzene rings is 6. The minimum Gasteiger partial charge on any atom is -0.309 e. The van der Waals surface area contributed by atoms with Crippen LogP contribution in [0.25, 0.3) is 38.6 Å². The summed E-state index contributed by atoms with van der Waals surface area (Å²) in [6, 6.07) is 49.5. The normalized spacial score (nSPS) is 15.6. The molecule has 0 fully saturated rings. The first-order chi connectivity index (χ1) is 21.4. The monoisotopic (exact) mass is 566 g/mol. The highest BCUT2D eigenvalue weighted by molar-refractivity contribution is 6.09. The van der Waals surface area contributed by atoms with Gasteiger partial charge < -0.3 is 9.47 Å². The molecular weight excluding hydrogens is 532 g/mol. The van der Waals surface area contributed by atoms with Gasteiger partial charge in [0.15, 0.2) is 0 Å². The predicted molar refractivity (Wildman–Crippen MR) is 185 cm³/mol. The van der Waals surface area contributed by atoms with E-state index in [2.05, 4.69) is 171 Å². The summed E-state index contributed by atoms with van der Waals surface area (Å²) in [6.07, 6.45) is 0. The lowest BCUT2D eigenvalue weighted by Gasteiger charge is -2.49. The van der Waals surface area contributed by atoms with Gasteiger partial charge >= 0.3 is 0 Å².